The summed E-state index contributed by atoms with van der Waals surface area (Å²) in [6.45, 7) is 2.69. The van der Waals surface area contributed by atoms with Gasteiger partial charge in [0.1, 0.15) is 0 Å². The SMILES string of the molecule is CC(O)C([O-])=S.CC(O)C([O-])=S.[Mg+2]. The van der Waals surface area contributed by atoms with Gasteiger partial charge in [0.2, 0.25) is 0 Å². The molecule has 0 fully saturated rings. The van der Waals surface area contributed by atoms with Gasteiger partial charge in [-0.1, -0.05) is 24.4 Å². The summed E-state index contributed by atoms with van der Waals surface area (Å²) in [5.41, 5.74) is 0. The van der Waals surface area contributed by atoms with Gasteiger partial charge in [-0.2, -0.15) is 0 Å². The fraction of sp³-hybridized carbons (Fsp3) is 0.667. The Morgan fingerprint density at radius 1 is 1.00 bits per heavy atom. The van der Waals surface area contributed by atoms with Crippen molar-refractivity contribution in [3.8, 4) is 0 Å². The van der Waals surface area contributed by atoms with Gasteiger partial charge < -0.3 is 20.4 Å². The Kier molecular flexibility index (Phi) is 15.5. The van der Waals surface area contributed by atoms with Crippen LogP contribution in [0.3, 0.4) is 0 Å². The van der Waals surface area contributed by atoms with Gasteiger partial charge in [-0.15, -0.1) is 0 Å². The van der Waals surface area contributed by atoms with E-state index in [1.54, 1.807) is 0 Å². The van der Waals surface area contributed by atoms with Crippen LogP contribution >= 0.6 is 24.4 Å². The molecule has 0 rings (SSSR count). The maximum atomic E-state index is 9.71. The first-order chi connectivity index (χ1) is 5.29. The van der Waals surface area contributed by atoms with Gasteiger partial charge in [0.25, 0.3) is 0 Å². The van der Waals surface area contributed by atoms with Gasteiger partial charge in [0.15, 0.2) is 0 Å². The summed E-state index contributed by atoms with van der Waals surface area (Å²) in [4.78, 5) is 0. The smallest absolute Gasteiger partial charge is 0.866 e. The van der Waals surface area contributed by atoms with Crippen molar-refractivity contribution < 1.29 is 20.4 Å². The zero-order valence-electron chi connectivity index (χ0n) is 7.39. The third-order valence-electron chi connectivity index (χ3n) is 0.682. The van der Waals surface area contributed by atoms with Crippen molar-refractivity contribution in [2.75, 3.05) is 0 Å². The van der Waals surface area contributed by atoms with Gasteiger partial charge in [0, 0.05) is 0 Å². The summed E-state index contributed by atoms with van der Waals surface area (Å²) in [6, 6.07) is 0. The Hall–Kier alpha value is 0.466. The number of rotatable bonds is 2. The zero-order chi connectivity index (χ0) is 10.3. The van der Waals surface area contributed by atoms with Crippen LogP contribution in [0.1, 0.15) is 13.8 Å². The van der Waals surface area contributed by atoms with Crippen molar-refractivity contribution in [3.63, 3.8) is 0 Å². The molecule has 13 heavy (non-hydrogen) atoms. The van der Waals surface area contributed by atoms with Crippen molar-refractivity contribution in [1.29, 1.82) is 0 Å². The molecule has 2 N–H and O–H groups in total. The van der Waals surface area contributed by atoms with Crippen LogP contribution in [-0.2, 0) is 0 Å². The number of aliphatic hydroxyl groups is 2. The summed E-state index contributed by atoms with van der Waals surface area (Å²) in [5.74, 6) is 0. The van der Waals surface area contributed by atoms with Crippen LogP contribution in [0, 0.1) is 0 Å². The molecule has 0 radical (unpaired) electrons. The molecule has 0 saturated heterocycles. The molecule has 0 aromatic carbocycles. The largest absolute Gasteiger partial charge is 2.00 e. The Morgan fingerprint density at radius 2 is 1.08 bits per heavy atom. The molecule has 0 aliphatic heterocycles. The minimum atomic E-state index is -0.972. The monoisotopic (exact) mass is 234 g/mol. The third kappa shape index (κ3) is 19.1. The molecule has 0 aliphatic carbocycles. The maximum absolute atomic E-state index is 9.71. The number of thiocarbonyl (C=S) groups is 2. The molecular formula is C6H10MgO4S2. The predicted octanol–water partition coefficient (Wildman–Crippen LogP) is -2.27. The van der Waals surface area contributed by atoms with Crippen LogP contribution in [0.15, 0.2) is 0 Å². The summed E-state index contributed by atoms with van der Waals surface area (Å²) >= 11 is 8.03. The molecule has 0 amide bonds. The van der Waals surface area contributed by atoms with Gasteiger partial charge in [-0.3, -0.25) is 0 Å². The van der Waals surface area contributed by atoms with Crippen LogP contribution in [0.5, 0.6) is 0 Å². The van der Waals surface area contributed by atoms with Gasteiger partial charge in [0.05, 0.1) is 12.2 Å². The van der Waals surface area contributed by atoms with Crippen LogP contribution in [-0.4, -0.2) is 55.6 Å². The summed E-state index contributed by atoms with van der Waals surface area (Å²) in [7, 11) is 0. The second-order valence-electron chi connectivity index (χ2n) is 1.99. The fourth-order valence-corrected chi connectivity index (χ4v) is 0. The van der Waals surface area contributed by atoms with E-state index in [-0.39, 0.29) is 23.1 Å². The van der Waals surface area contributed by atoms with E-state index in [0.29, 0.717) is 0 Å². The van der Waals surface area contributed by atoms with Crippen molar-refractivity contribution in [3.05, 3.63) is 0 Å². The summed E-state index contributed by atoms with van der Waals surface area (Å²) in [5, 5.41) is 34.6. The molecule has 72 valence electrons. The van der Waals surface area contributed by atoms with Crippen LogP contribution < -0.4 is 10.2 Å². The molecule has 0 aromatic heterocycles. The first-order valence-corrected chi connectivity index (χ1v) is 3.88. The fourth-order valence-electron chi connectivity index (χ4n) is 0. The first-order valence-electron chi connectivity index (χ1n) is 3.06. The van der Waals surface area contributed by atoms with Crippen molar-refractivity contribution in [2.45, 2.75) is 26.1 Å². The molecule has 0 bridgehead atoms. The Balaban J connectivity index is -0.000000143. The van der Waals surface area contributed by atoms with E-state index in [1.165, 1.54) is 13.8 Å². The standard InChI is InChI=1S/2C3H6O2S.Mg/c2*1-2(4)3(5)6;/h2*2,4H,1H3,(H,5,6);/q;;+2/p-2. The molecule has 0 aliphatic rings. The predicted molar refractivity (Wildman–Crippen MR) is 54.3 cm³/mol. The molecule has 2 unspecified atom stereocenters. The molecule has 4 nitrogen and oxygen atoms in total. The summed E-state index contributed by atoms with van der Waals surface area (Å²) < 4.78 is 0. The Morgan fingerprint density at radius 3 is 1.08 bits per heavy atom. The van der Waals surface area contributed by atoms with Gasteiger partial charge >= 0.3 is 23.1 Å². The minimum Gasteiger partial charge on any atom is -0.866 e. The summed E-state index contributed by atoms with van der Waals surface area (Å²) in [6.07, 6.45) is -1.94. The van der Waals surface area contributed by atoms with E-state index in [1.807, 2.05) is 0 Å². The second-order valence-corrected chi connectivity index (χ2v) is 2.79. The average Bonchev–Trinajstić information content (AvgIpc) is 1.88. The molecular weight excluding hydrogens is 225 g/mol. The Bertz CT molecular complexity index is 143. The normalized spacial score (nSPS) is 12.6. The van der Waals surface area contributed by atoms with Crippen LogP contribution in [0.25, 0.3) is 0 Å². The third-order valence-corrected chi connectivity index (χ3v) is 1.36. The van der Waals surface area contributed by atoms with Crippen LogP contribution in [0.4, 0.5) is 0 Å². The number of aliphatic hydroxyl groups excluding tert-OH is 2. The van der Waals surface area contributed by atoms with Gasteiger partial charge in [-0.05, 0) is 23.9 Å². The quantitative estimate of drug-likeness (QED) is 0.414. The molecule has 0 saturated carbocycles. The van der Waals surface area contributed by atoms with E-state index >= 15 is 0 Å². The first kappa shape index (κ1) is 19.1. The van der Waals surface area contributed by atoms with Crippen molar-refractivity contribution in [2.24, 2.45) is 0 Å². The molecule has 0 heterocycles. The van der Waals surface area contributed by atoms with E-state index in [2.05, 4.69) is 24.4 Å². The van der Waals surface area contributed by atoms with E-state index < -0.39 is 22.3 Å². The molecule has 0 aromatic rings. The molecule has 2 atom stereocenters. The number of hydrogen-bond acceptors (Lipinski definition) is 6. The van der Waals surface area contributed by atoms with E-state index in [9.17, 15) is 10.2 Å². The van der Waals surface area contributed by atoms with E-state index in [4.69, 9.17) is 10.2 Å². The van der Waals surface area contributed by atoms with Gasteiger partial charge in [-0.25, -0.2) is 0 Å². The average molecular weight is 235 g/mol. The zero-order valence-corrected chi connectivity index (χ0v) is 10.4. The van der Waals surface area contributed by atoms with Crippen LogP contribution in [0.2, 0.25) is 0 Å². The maximum Gasteiger partial charge on any atom is 2.00 e. The number of hydrogen-bond donors (Lipinski definition) is 2. The molecule has 0 spiro atoms. The van der Waals surface area contributed by atoms with Crippen molar-refractivity contribution in [1.82, 2.24) is 0 Å². The Labute approximate surface area is 104 Å². The topological polar surface area (TPSA) is 86.6 Å². The van der Waals surface area contributed by atoms with E-state index in [0.717, 1.165) is 0 Å². The second kappa shape index (κ2) is 10.5. The van der Waals surface area contributed by atoms with Crippen molar-refractivity contribution >= 4 is 57.6 Å². The molecule has 7 heteroatoms. The minimum absolute atomic E-state index is 0.